The lowest BCUT2D eigenvalue weighted by atomic mass is 9.95. The van der Waals surface area contributed by atoms with Gasteiger partial charge in [-0.15, -0.1) is 0 Å². The van der Waals surface area contributed by atoms with E-state index in [-0.39, 0.29) is 12.3 Å². The van der Waals surface area contributed by atoms with E-state index in [1.807, 2.05) is 0 Å². The molecule has 0 unspecified atom stereocenters. The van der Waals surface area contributed by atoms with Crippen LogP contribution >= 0.6 is 0 Å². The molecule has 0 aromatic heterocycles. The molecule has 1 amide bonds. The van der Waals surface area contributed by atoms with Gasteiger partial charge in [0.2, 0.25) is 5.91 Å². The van der Waals surface area contributed by atoms with E-state index in [1.54, 1.807) is 0 Å². The lowest BCUT2D eigenvalue weighted by Crippen LogP contribution is -2.50. The summed E-state index contributed by atoms with van der Waals surface area (Å²) in [6, 6.07) is 0.0358. The SMILES string of the molecule is C[C@H](C(=O)N1CCC(C2OCCO2)CC1)N1CCCCCC1. The van der Waals surface area contributed by atoms with Crippen LogP contribution in [-0.2, 0) is 14.3 Å². The van der Waals surface area contributed by atoms with Crippen LogP contribution in [0.1, 0.15) is 45.4 Å². The van der Waals surface area contributed by atoms with Gasteiger partial charge in [-0.25, -0.2) is 0 Å². The van der Waals surface area contributed by atoms with Crippen molar-refractivity contribution >= 4 is 5.91 Å². The monoisotopic (exact) mass is 310 g/mol. The quantitative estimate of drug-likeness (QED) is 0.798. The molecule has 1 atom stereocenters. The first kappa shape index (κ1) is 16.2. The van der Waals surface area contributed by atoms with Crippen molar-refractivity contribution in [1.82, 2.24) is 9.80 Å². The van der Waals surface area contributed by atoms with E-state index in [1.165, 1.54) is 25.7 Å². The van der Waals surface area contributed by atoms with Gasteiger partial charge in [-0.1, -0.05) is 12.8 Å². The molecule has 3 rings (SSSR count). The van der Waals surface area contributed by atoms with Crippen molar-refractivity contribution in [2.45, 2.75) is 57.8 Å². The standard InChI is InChI=1S/C17H30N2O3/c1-14(18-8-4-2-3-5-9-18)16(20)19-10-6-15(7-11-19)17-21-12-13-22-17/h14-15,17H,2-13H2,1H3/t14-/m1/s1. The average molecular weight is 310 g/mol. The Morgan fingerprint density at radius 2 is 1.55 bits per heavy atom. The first-order chi connectivity index (χ1) is 10.8. The van der Waals surface area contributed by atoms with E-state index in [0.29, 0.717) is 11.8 Å². The summed E-state index contributed by atoms with van der Waals surface area (Å²) < 4.78 is 11.2. The van der Waals surface area contributed by atoms with E-state index >= 15 is 0 Å². The summed E-state index contributed by atoms with van der Waals surface area (Å²) in [4.78, 5) is 17.2. The maximum absolute atomic E-state index is 12.8. The largest absolute Gasteiger partial charge is 0.350 e. The Bertz CT molecular complexity index is 355. The van der Waals surface area contributed by atoms with Gasteiger partial charge in [0.15, 0.2) is 6.29 Å². The molecule has 0 bridgehead atoms. The van der Waals surface area contributed by atoms with Crippen LogP contribution in [0.4, 0.5) is 0 Å². The van der Waals surface area contributed by atoms with Gasteiger partial charge in [-0.3, -0.25) is 9.69 Å². The lowest BCUT2D eigenvalue weighted by molar-refractivity contribution is -0.141. The van der Waals surface area contributed by atoms with E-state index in [2.05, 4.69) is 16.7 Å². The number of hydrogen-bond donors (Lipinski definition) is 0. The second kappa shape index (κ2) is 7.75. The summed E-state index contributed by atoms with van der Waals surface area (Å²) in [5.74, 6) is 0.772. The van der Waals surface area contributed by atoms with Crippen LogP contribution < -0.4 is 0 Å². The second-order valence-electron chi connectivity index (χ2n) is 6.90. The molecule has 126 valence electrons. The highest BCUT2D eigenvalue weighted by Gasteiger charge is 2.34. The Morgan fingerprint density at radius 3 is 2.14 bits per heavy atom. The van der Waals surface area contributed by atoms with Gasteiger partial charge in [-0.05, 0) is 45.7 Å². The van der Waals surface area contributed by atoms with E-state index in [9.17, 15) is 4.79 Å². The molecule has 5 nitrogen and oxygen atoms in total. The van der Waals surface area contributed by atoms with Crippen molar-refractivity contribution in [2.24, 2.45) is 5.92 Å². The zero-order chi connectivity index (χ0) is 15.4. The predicted octanol–water partition coefficient (Wildman–Crippen LogP) is 1.86. The number of carbonyl (C=O) groups excluding carboxylic acids is 1. The number of carbonyl (C=O) groups is 1. The third-order valence-corrected chi connectivity index (χ3v) is 5.43. The third-order valence-electron chi connectivity index (χ3n) is 5.43. The van der Waals surface area contributed by atoms with Crippen LogP contribution in [0, 0.1) is 5.92 Å². The van der Waals surface area contributed by atoms with Gasteiger partial charge in [0.05, 0.1) is 19.3 Å². The summed E-state index contributed by atoms with van der Waals surface area (Å²) >= 11 is 0. The normalized spacial score (nSPS) is 27.8. The number of rotatable bonds is 3. The molecule has 0 aliphatic carbocycles. The van der Waals surface area contributed by atoms with Crippen molar-refractivity contribution in [1.29, 1.82) is 0 Å². The first-order valence-corrected chi connectivity index (χ1v) is 9.02. The van der Waals surface area contributed by atoms with Crippen molar-refractivity contribution < 1.29 is 14.3 Å². The van der Waals surface area contributed by atoms with Crippen molar-refractivity contribution in [3.63, 3.8) is 0 Å². The molecule has 5 heteroatoms. The van der Waals surface area contributed by atoms with Crippen LogP contribution in [0.5, 0.6) is 0 Å². The molecule has 3 heterocycles. The van der Waals surface area contributed by atoms with Crippen molar-refractivity contribution in [3.8, 4) is 0 Å². The molecule has 0 radical (unpaired) electrons. The Kier molecular flexibility index (Phi) is 5.71. The molecule has 3 aliphatic heterocycles. The number of ether oxygens (including phenoxy) is 2. The lowest BCUT2D eigenvalue weighted by Gasteiger charge is -2.37. The average Bonchev–Trinajstić information content (AvgIpc) is 2.96. The van der Waals surface area contributed by atoms with Gasteiger partial charge in [0.1, 0.15) is 0 Å². The van der Waals surface area contributed by atoms with E-state index in [4.69, 9.17) is 9.47 Å². The minimum atomic E-state index is -0.0275. The molecule has 0 N–H and O–H groups in total. The maximum atomic E-state index is 12.8. The Labute approximate surface area is 133 Å². The van der Waals surface area contributed by atoms with E-state index < -0.39 is 0 Å². The fraction of sp³-hybridized carbons (Fsp3) is 0.941. The molecule has 0 spiro atoms. The zero-order valence-electron chi connectivity index (χ0n) is 13.8. The highest BCUT2D eigenvalue weighted by atomic mass is 16.7. The summed E-state index contributed by atoms with van der Waals surface area (Å²) in [5.41, 5.74) is 0. The Morgan fingerprint density at radius 1 is 0.955 bits per heavy atom. The fourth-order valence-electron chi connectivity index (χ4n) is 3.94. The molecule has 0 saturated carbocycles. The fourth-order valence-corrected chi connectivity index (χ4v) is 3.94. The minimum absolute atomic E-state index is 0.0275. The van der Waals surface area contributed by atoms with Gasteiger partial charge in [0.25, 0.3) is 0 Å². The molecule has 3 aliphatic rings. The molecule has 22 heavy (non-hydrogen) atoms. The van der Waals surface area contributed by atoms with Crippen molar-refractivity contribution in [2.75, 3.05) is 39.4 Å². The topological polar surface area (TPSA) is 42.0 Å². The highest BCUT2D eigenvalue weighted by molar-refractivity contribution is 5.81. The first-order valence-electron chi connectivity index (χ1n) is 9.02. The minimum Gasteiger partial charge on any atom is -0.350 e. The predicted molar refractivity (Wildman–Crippen MR) is 84.5 cm³/mol. The highest BCUT2D eigenvalue weighted by Crippen LogP contribution is 2.26. The smallest absolute Gasteiger partial charge is 0.239 e. The van der Waals surface area contributed by atoms with Crippen LogP contribution in [-0.4, -0.2) is 67.4 Å². The molecule has 3 saturated heterocycles. The number of amides is 1. The van der Waals surface area contributed by atoms with Crippen LogP contribution in [0.2, 0.25) is 0 Å². The Balaban J connectivity index is 1.48. The van der Waals surface area contributed by atoms with Crippen LogP contribution in [0.25, 0.3) is 0 Å². The molecule has 3 fully saturated rings. The molecular formula is C17H30N2O3. The number of piperidine rings is 1. The molecule has 0 aromatic rings. The molecular weight excluding hydrogens is 280 g/mol. The summed E-state index contributed by atoms with van der Waals surface area (Å²) in [7, 11) is 0. The second-order valence-corrected chi connectivity index (χ2v) is 6.90. The van der Waals surface area contributed by atoms with Gasteiger partial charge >= 0.3 is 0 Å². The molecule has 0 aromatic carbocycles. The van der Waals surface area contributed by atoms with E-state index in [0.717, 1.165) is 52.2 Å². The summed E-state index contributed by atoms with van der Waals surface area (Å²) in [6.07, 6.45) is 7.06. The number of likely N-dealkylation sites (tertiary alicyclic amines) is 2. The van der Waals surface area contributed by atoms with Gasteiger partial charge in [-0.2, -0.15) is 0 Å². The maximum Gasteiger partial charge on any atom is 0.239 e. The van der Waals surface area contributed by atoms with Crippen molar-refractivity contribution in [3.05, 3.63) is 0 Å². The number of nitrogens with zero attached hydrogens (tertiary/aromatic N) is 2. The van der Waals surface area contributed by atoms with Crippen LogP contribution in [0.15, 0.2) is 0 Å². The Hall–Kier alpha value is -0.650. The number of hydrogen-bond acceptors (Lipinski definition) is 4. The zero-order valence-corrected chi connectivity index (χ0v) is 13.8. The summed E-state index contributed by atoms with van der Waals surface area (Å²) in [6.45, 7) is 7.38. The van der Waals surface area contributed by atoms with Gasteiger partial charge < -0.3 is 14.4 Å². The van der Waals surface area contributed by atoms with Crippen LogP contribution in [0.3, 0.4) is 0 Å². The van der Waals surface area contributed by atoms with Gasteiger partial charge in [0, 0.05) is 19.0 Å². The third kappa shape index (κ3) is 3.81. The summed E-state index contributed by atoms with van der Waals surface area (Å²) in [5, 5.41) is 0.